The first-order valence-electron chi connectivity index (χ1n) is 8.48. The summed E-state index contributed by atoms with van der Waals surface area (Å²) in [5.74, 6) is 2.79. The molecule has 0 saturated carbocycles. The first-order chi connectivity index (χ1) is 12.0. The first-order valence-corrected chi connectivity index (χ1v) is 8.48. The molecule has 130 valence electrons. The van der Waals surface area contributed by atoms with E-state index in [0.29, 0.717) is 0 Å². The number of fused-ring (bicyclic) bond motifs is 1. The predicted molar refractivity (Wildman–Crippen MR) is 97.0 cm³/mol. The summed E-state index contributed by atoms with van der Waals surface area (Å²) in [5, 5.41) is 0. The van der Waals surface area contributed by atoms with Crippen molar-refractivity contribution in [3.63, 3.8) is 0 Å². The molecule has 8 heteroatoms. The maximum absolute atomic E-state index is 4.66. The van der Waals surface area contributed by atoms with Crippen LogP contribution < -0.4 is 9.80 Å². The van der Waals surface area contributed by atoms with E-state index >= 15 is 0 Å². The SMILES string of the molecule is Cc1nc(C)c(C)c(N2CCN(c3ncnc4c3ncn4C)CC2)n1. The summed E-state index contributed by atoms with van der Waals surface area (Å²) in [5.41, 5.74) is 3.94. The molecule has 0 unspecified atom stereocenters. The molecular weight excluding hydrogens is 316 g/mol. The van der Waals surface area contributed by atoms with E-state index < -0.39 is 0 Å². The van der Waals surface area contributed by atoms with Gasteiger partial charge in [-0.15, -0.1) is 0 Å². The van der Waals surface area contributed by atoms with Gasteiger partial charge in [0.1, 0.15) is 18.0 Å². The van der Waals surface area contributed by atoms with Gasteiger partial charge in [0.15, 0.2) is 17.0 Å². The lowest BCUT2D eigenvalue weighted by Crippen LogP contribution is -2.47. The van der Waals surface area contributed by atoms with Crippen molar-refractivity contribution in [3.8, 4) is 0 Å². The molecule has 0 bridgehead atoms. The van der Waals surface area contributed by atoms with E-state index in [4.69, 9.17) is 0 Å². The van der Waals surface area contributed by atoms with Gasteiger partial charge in [0, 0.05) is 44.5 Å². The molecule has 4 heterocycles. The highest BCUT2D eigenvalue weighted by atomic mass is 15.3. The largest absolute Gasteiger partial charge is 0.353 e. The van der Waals surface area contributed by atoms with Crippen LogP contribution >= 0.6 is 0 Å². The molecule has 0 amide bonds. The molecule has 4 rings (SSSR count). The zero-order chi connectivity index (χ0) is 17.6. The van der Waals surface area contributed by atoms with Crippen molar-refractivity contribution in [3.05, 3.63) is 29.7 Å². The highest BCUT2D eigenvalue weighted by Crippen LogP contribution is 2.25. The maximum atomic E-state index is 4.66. The average molecular weight is 338 g/mol. The molecule has 1 saturated heterocycles. The third kappa shape index (κ3) is 2.67. The lowest BCUT2D eigenvalue weighted by Gasteiger charge is -2.36. The molecule has 8 nitrogen and oxygen atoms in total. The van der Waals surface area contributed by atoms with Crippen LogP contribution in [0, 0.1) is 20.8 Å². The van der Waals surface area contributed by atoms with Gasteiger partial charge in [0.05, 0.1) is 6.33 Å². The Morgan fingerprint density at radius 2 is 1.52 bits per heavy atom. The molecule has 1 fully saturated rings. The van der Waals surface area contributed by atoms with Crippen molar-refractivity contribution in [1.82, 2.24) is 29.5 Å². The number of rotatable bonds is 2. The van der Waals surface area contributed by atoms with Crippen molar-refractivity contribution in [2.75, 3.05) is 36.0 Å². The monoisotopic (exact) mass is 338 g/mol. The highest BCUT2D eigenvalue weighted by molar-refractivity contribution is 5.83. The standard InChI is InChI=1S/C17H22N8/c1-11-12(2)21-13(3)22-15(11)24-5-7-25(8-6-24)17-14-16(18-9-19-17)23(4)10-20-14/h9-10H,5-8H2,1-4H3. The molecule has 0 atom stereocenters. The number of aromatic nitrogens is 6. The Labute approximate surface area is 146 Å². The number of piperazine rings is 1. The Morgan fingerprint density at radius 3 is 2.24 bits per heavy atom. The van der Waals surface area contributed by atoms with Crippen molar-refractivity contribution >= 4 is 22.8 Å². The van der Waals surface area contributed by atoms with Gasteiger partial charge in [-0.3, -0.25) is 0 Å². The van der Waals surface area contributed by atoms with Crippen LogP contribution in [0.5, 0.6) is 0 Å². The van der Waals surface area contributed by atoms with E-state index in [9.17, 15) is 0 Å². The van der Waals surface area contributed by atoms with Crippen LogP contribution in [0.25, 0.3) is 11.2 Å². The second-order valence-corrected chi connectivity index (χ2v) is 6.50. The first kappa shape index (κ1) is 15.7. The summed E-state index contributed by atoms with van der Waals surface area (Å²) in [6.07, 6.45) is 3.40. The number of hydrogen-bond acceptors (Lipinski definition) is 7. The quantitative estimate of drug-likeness (QED) is 0.699. The normalized spacial score (nSPS) is 15.2. The van der Waals surface area contributed by atoms with E-state index in [2.05, 4.69) is 41.6 Å². The summed E-state index contributed by atoms with van der Waals surface area (Å²) in [6, 6.07) is 0. The third-order valence-electron chi connectivity index (χ3n) is 4.83. The Morgan fingerprint density at radius 1 is 0.840 bits per heavy atom. The van der Waals surface area contributed by atoms with E-state index in [1.165, 1.54) is 0 Å². The van der Waals surface area contributed by atoms with E-state index in [1.807, 2.05) is 25.5 Å². The van der Waals surface area contributed by atoms with Gasteiger partial charge in [-0.1, -0.05) is 0 Å². The van der Waals surface area contributed by atoms with E-state index in [1.54, 1.807) is 12.7 Å². The Hall–Kier alpha value is -2.77. The molecule has 0 aromatic carbocycles. The van der Waals surface area contributed by atoms with Crippen LogP contribution in [-0.4, -0.2) is 55.7 Å². The van der Waals surface area contributed by atoms with Gasteiger partial charge in [0.25, 0.3) is 0 Å². The van der Waals surface area contributed by atoms with Crippen LogP contribution in [0.15, 0.2) is 12.7 Å². The number of anilines is 2. The molecule has 0 aliphatic carbocycles. The molecular formula is C17H22N8. The molecule has 3 aromatic rings. The van der Waals surface area contributed by atoms with Crippen LogP contribution in [-0.2, 0) is 7.05 Å². The number of imidazole rings is 1. The second kappa shape index (κ2) is 5.94. The van der Waals surface area contributed by atoms with Crippen LogP contribution in [0.3, 0.4) is 0 Å². The topological polar surface area (TPSA) is 75.9 Å². The van der Waals surface area contributed by atoms with E-state index in [0.717, 1.165) is 66.1 Å². The number of nitrogens with zero attached hydrogens (tertiary/aromatic N) is 8. The summed E-state index contributed by atoms with van der Waals surface area (Å²) < 4.78 is 1.92. The van der Waals surface area contributed by atoms with E-state index in [-0.39, 0.29) is 0 Å². The fraction of sp³-hybridized carbons (Fsp3) is 0.471. The fourth-order valence-corrected chi connectivity index (χ4v) is 3.35. The Kier molecular flexibility index (Phi) is 3.74. The van der Waals surface area contributed by atoms with Crippen molar-refractivity contribution < 1.29 is 0 Å². The minimum absolute atomic E-state index is 0.825. The molecule has 0 spiro atoms. The van der Waals surface area contributed by atoms with Gasteiger partial charge in [0.2, 0.25) is 0 Å². The minimum atomic E-state index is 0.825. The average Bonchev–Trinajstić information content (AvgIpc) is 3.00. The third-order valence-corrected chi connectivity index (χ3v) is 4.83. The van der Waals surface area contributed by atoms with Crippen LogP contribution in [0.2, 0.25) is 0 Å². The number of hydrogen-bond donors (Lipinski definition) is 0. The van der Waals surface area contributed by atoms with Crippen molar-refractivity contribution in [2.45, 2.75) is 20.8 Å². The zero-order valence-electron chi connectivity index (χ0n) is 15.1. The summed E-state index contributed by atoms with van der Waals surface area (Å²) >= 11 is 0. The fourth-order valence-electron chi connectivity index (χ4n) is 3.35. The summed E-state index contributed by atoms with van der Waals surface area (Å²) in [6.45, 7) is 9.64. The van der Waals surface area contributed by atoms with Gasteiger partial charge >= 0.3 is 0 Å². The number of aryl methyl sites for hydroxylation is 3. The molecule has 1 aliphatic heterocycles. The molecule has 0 radical (unpaired) electrons. The van der Waals surface area contributed by atoms with Crippen LogP contribution in [0.4, 0.5) is 11.6 Å². The Balaban J connectivity index is 1.57. The van der Waals surface area contributed by atoms with Gasteiger partial charge < -0.3 is 14.4 Å². The van der Waals surface area contributed by atoms with Gasteiger partial charge in [-0.05, 0) is 20.8 Å². The molecule has 1 aliphatic rings. The van der Waals surface area contributed by atoms with Gasteiger partial charge in [-0.25, -0.2) is 24.9 Å². The molecule has 0 N–H and O–H groups in total. The molecule has 25 heavy (non-hydrogen) atoms. The lowest BCUT2D eigenvalue weighted by molar-refractivity contribution is 0.638. The maximum Gasteiger partial charge on any atom is 0.165 e. The Bertz CT molecular complexity index is 924. The highest BCUT2D eigenvalue weighted by Gasteiger charge is 2.23. The predicted octanol–water partition coefficient (Wildman–Crippen LogP) is 1.41. The van der Waals surface area contributed by atoms with Crippen molar-refractivity contribution in [1.29, 1.82) is 0 Å². The van der Waals surface area contributed by atoms with Gasteiger partial charge in [-0.2, -0.15) is 0 Å². The van der Waals surface area contributed by atoms with Crippen molar-refractivity contribution in [2.24, 2.45) is 7.05 Å². The lowest BCUT2D eigenvalue weighted by atomic mass is 10.2. The summed E-state index contributed by atoms with van der Waals surface area (Å²) in [4.78, 5) is 27.0. The summed E-state index contributed by atoms with van der Waals surface area (Å²) in [7, 11) is 1.95. The second-order valence-electron chi connectivity index (χ2n) is 6.50. The zero-order valence-corrected chi connectivity index (χ0v) is 15.1. The minimum Gasteiger partial charge on any atom is -0.353 e. The smallest absolute Gasteiger partial charge is 0.165 e. The van der Waals surface area contributed by atoms with Crippen LogP contribution in [0.1, 0.15) is 17.1 Å². The molecule has 3 aromatic heterocycles.